The van der Waals surface area contributed by atoms with Crippen LogP contribution in [0.5, 0.6) is 0 Å². The van der Waals surface area contributed by atoms with Crippen molar-refractivity contribution in [2.24, 2.45) is 0 Å². The zero-order chi connectivity index (χ0) is 15.6. The zero-order valence-corrected chi connectivity index (χ0v) is 13.3. The first-order chi connectivity index (χ1) is 10.6. The van der Waals surface area contributed by atoms with Crippen molar-refractivity contribution in [3.63, 3.8) is 0 Å². The number of nitrogens with zero attached hydrogens (tertiary/aromatic N) is 1. The van der Waals surface area contributed by atoms with Gasteiger partial charge in [0.15, 0.2) is 6.04 Å². The second kappa shape index (κ2) is 6.39. The molecule has 4 nitrogen and oxygen atoms in total. The topological polar surface area (TPSA) is 52.2 Å². The Kier molecular flexibility index (Phi) is 4.50. The van der Waals surface area contributed by atoms with Crippen LogP contribution >= 0.6 is 0 Å². The van der Waals surface area contributed by atoms with Gasteiger partial charge in [0.1, 0.15) is 0 Å². The highest BCUT2D eigenvalue weighted by Crippen LogP contribution is 2.37. The molecule has 1 saturated carbocycles. The number of likely N-dealkylation sites (tertiary alicyclic amines) is 1. The van der Waals surface area contributed by atoms with Gasteiger partial charge in [-0.3, -0.25) is 4.79 Å². The average Bonchev–Trinajstić information content (AvgIpc) is 3.18. The number of hydrogen-bond acceptors (Lipinski definition) is 2. The molecule has 0 spiro atoms. The van der Waals surface area contributed by atoms with Crippen LogP contribution in [0.1, 0.15) is 57.1 Å². The van der Waals surface area contributed by atoms with Crippen molar-refractivity contribution in [3.05, 3.63) is 41.1 Å². The van der Waals surface area contributed by atoms with Crippen molar-refractivity contribution in [3.8, 4) is 0 Å². The number of hydroxylamine groups is 3. The Balaban J connectivity index is 1.68. The summed E-state index contributed by atoms with van der Waals surface area (Å²) in [5, 5.41) is 16.3. The fourth-order valence-corrected chi connectivity index (χ4v) is 4.15. The van der Waals surface area contributed by atoms with Crippen molar-refractivity contribution < 1.29 is 9.44 Å². The minimum absolute atomic E-state index is 0.0497. The van der Waals surface area contributed by atoms with E-state index in [-0.39, 0.29) is 22.6 Å². The number of hydrogen-bond donors (Lipinski definition) is 1. The van der Waals surface area contributed by atoms with Gasteiger partial charge in [0.2, 0.25) is 0 Å². The Bertz CT molecular complexity index is 513. The van der Waals surface area contributed by atoms with E-state index >= 15 is 0 Å². The third kappa shape index (κ3) is 2.90. The molecule has 1 aliphatic carbocycles. The van der Waals surface area contributed by atoms with Crippen LogP contribution in [0.2, 0.25) is 0 Å². The molecular weight excluding hydrogens is 276 g/mol. The molecule has 1 aliphatic heterocycles. The van der Waals surface area contributed by atoms with E-state index in [1.165, 1.54) is 0 Å². The maximum absolute atomic E-state index is 13.3. The molecule has 1 heterocycles. The highest BCUT2D eigenvalue weighted by Gasteiger charge is 2.45. The third-order valence-corrected chi connectivity index (χ3v) is 5.42. The van der Waals surface area contributed by atoms with Crippen LogP contribution in [0.25, 0.3) is 0 Å². The Morgan fingerprint density at radius 1 is 1.18 bits per heavy atom. The zero-order valence-electron chi connectivity index (χ0n) is 13.3. The van der Waals surface area contributed by atoms with Gasteiger partial charge in [-0.2, -0.15) is 0 Å². The number of rotatable bonds is 4. The standard InChI is InChI=1S/C18H26N2O2/c1-14(15-8-3-2-4-9-15)19-18(21)17-12-7-13-20(17,22)16-10-5-6-11-16/h2-4,8-9,14,16-17H,5-7,10-13H2,1H3,(H,19,21)/t14-,17+,20-/m1/s1. The van der Waals surface area contributed by atoms with Gasteiger partial charge in [-0.1, -0.05) is 30.3 Å². The lowest BCUT2D eigenvalue weighted by atomic mass is 10.1. The van der Waals surface area contributed by atoms with Crippen LogP contribution < -0.4 is 5.32 Å². The summed E-state index contributed by atoms with van der Waals surface area (Å²) in [6.45, 7) is 2.60. The molecule has 1 amide bonds. The van der Waals surface area contributed by atoms with E-state index in [0.717, 1.165) is 44.1 Å². The SMILES string of the molecule is C[C@@H](NC(=O)[C@@H]1CCC[N@@+]1([O-])C1CCCC1)c1ccccc1. The number of carbonyl (C=O) groups excluding carboxylic acids is 1. The van der Waals surface area contributed by atoms with Gasteiger partial charge in [-0.15, -0.1) is 0 Å². The van der Waals surface area contributed by atoms with Crippen molar-refractivity contribution in [1.82, 2.24) is 5.32 Å². The number of quaternary nitrogens is 1. The maximum Gasteiger partial charge on any atom is 0.279 e. The van der Waals surface area contributed by atoms with Crippen LogP contribution in [0.15, 0.2) is 30.3 Å². The van der Waals surface area contributed by atoms with Gasteiger partial charge >= 0.3 is 0 Å². The quantitative estimate of drug-likeness (QED) is 0.685. The predicted molar refractivity (Wildman–Crippen MR) is 86.8 cm³/mol. The molecule has 22 heavy (non-hydrogen) atoms. The number of benzene rings is 1. The van der Waals surface area contributed by atoms with Gasteiger partial charge in [0.25, 0.3) is 5.91 Å². The fraction of sp³-hybridized carbons (Fsp3) is 0.611. The smallest absolute Gasteiger partial charge is 0.279 e. The van der Waals surface area contributed by atoms with Gasteiger partial charge in [-0.25, -0.2) is 0 Å². The van der Waals surface area contributed by atoms with E-state index < -0.39 is 6.04 Å². The minimum atomic E-state index is -0.408. The molecule has 0 aromatic heterocycles. The number of nitrogens with one attached hydrogen (secondary N) is 1. The van der Waals surface area contributed by atoms with E-state index in [1.807, 2.05) is 37.3 Å². The highest BCUT2D eigenvalue weighted by atomic mass is 16.6. The first-order valence-electron chi connectivity index (χ1n) is 8.55. The van der Waals surface area contributed by atoms with Crippen molar-refractivity contribution >= 4 is 5.91 Å². The van der Waals surface area contributed by atoms with Gasteiger partial charge in [0.05, 0.1) is 18.6 Å². The first kappa shape index (κ1) is 15.5. The molecule has 3 rings (SSSR count). The molecule has 2 fully saturated rings. The van der Waals surface area contributed by atoms with Crippen LogP contribution in [-0.4, -0.2) is 29.2 Å². The van der Waals surface area contributed by atoms with Crippen LogP contribution in [0.4, 0.5) is 0 Å². The summed E-state index contributed by atoms with van der Waals surface area (Å²) in [6.07, 6.45) is 5.86. The molecule has 4 heteroatoms. The summed E-state index contributed by atoms with van der Waals surface area (Å²) in [7, 11) is 0. The highest BCUT2D eigenvalue weighted by molar-refractivity contribution is 5.81. The summed E-state index contributed by atoms with van der Waals surface area (Å²) in [5.74, 6) is -0.0595. The molecule has 1 aromatic carbocycles. The Morgan fingerprint density at radius 2 is 1.86 bits per heavy atom. The second-order valence-corrected chi connectivity index (χ2v) is 6.82. The van der Waals surface area contributed by atoms with Gasteiger partial charge < -0.3 is 15.2 Å². The van der Waals surface area contributed by atoms with Crippen LogP contribution in [-0.2, 0) is 4.79 Å². The lowest BCUT2D eigenvalue weighted by Gasteiger charge is -2.48. The summed E-state index contributed by atoms with van der Waals surface area (Å²) < 4.78 is -0.270. The molecule has 1 saturated heterocycles. The summed E-state index contributed by atoms with van der Waals surface area (Å²) in [5.41, 5.74) is 1.08. The summed E-state index contributed by atoms with van der Waals surface area (Å²) >= 11 is 0. The monoisotopic (exact) mass is 302 g/mol. The summed E-state index contributed by atoms with van der Waals surface area (Å²) in [6, 6.07) is 9.62. The first-order valence-corrected chi connectivity index (χ1v) is 8.55. The molecule has 1 aromatic rings. The molecule has 120 valence electrons. The minimum Gasteiger partial charge on any atom is -0.632 e. The van der Waals surface area contributed by atoms with Crippen LogP contribution in [0, 0.1) is 5.21 Å². The van der Waals surface area contributed by atoms with Gasteiger partial charge in [-0.05, 0) is 38.2 Å². The Hall–Kier alpha value is -1.39. The van der Waals surface area contributed by atoms with E-state index in [1.54, 1.807) is 0 Å². The molecule has 0 bridgehead atoms. The Labute approximate surface area is 132 Å². The van der Waals surface area contributed by atoms with Crippen LogP contribution in [0.3, 0.4) is 0 Å². The third-order valence-electron chi connectivity index (χ3n) is 5.42. The van der Waals surface area contributed by atoms with Gasteiger partial charge in [0, 0.05) is 12.8 Å². The number of carbonyl (C=O) groups is 1. The van der Waals surface area contributed by atoms with E-state index in [0.29, 0.717) is 6.54 Å². The van der Waals surface area contributed by atoms with E-state index in [9.17, 15) is 10.0 Å². The second-order valence-electron chi connectivity index (χ2n) is 6.82. The fourth-order valence-electron chi connectivity index (χ4n) is 4.15. The molecule has 3 atom stereocenters. The Morgan fingerprint density at radius 3 is 2.55 bits per heavy atom. The lowest BCUT2D eigenvalue weighted by Crippen LogP contribution is -2.58. The molecule has 2 aliphatic rings. The molecule has 0 radical (unpaired) electrons. The molecule has 0 unspecified atom stereocenters. The van der Waals surface area contributed by atoms with E-state index in [4.69, 9.17) is 0 Å². The van der Waals surface area contributed by atoms with Crippen molar-refractivity contribution in [1.29, 1.82) is 0 Å². The molecular formula is C18H26N2O2. The maximum atomic E-state index is 13.3. The van der Waals surface area contributed by atoms with E-state index in [2.05, 4.69) is 5.32 Å². The summed E-state index contributed by atoms with van der Waals surface area (Å²) in [4.78, 5) is 12.7. The van der Waals surface area contributed by atoms with Crippen molar-refractivity contribution in [2.75, 3.05) is 6.54 Å². The lowest BCUT2D eigenvalue weighted by molar-refractivity contribution is -0.907. The average molecular weight is 302 g/mol. The normalized spacial score (nSPS) is 30.4. The largest absolute Gasteiger partial charge is 0.632 e. The molecule has 1 N–H and O–H groups in total. The number of amides is 1. The predicted octanol–water partition coefficient (Wildman–Crippen LogP) is 3.28. The van der Waals surface area contributed by atoms with Crippen molar-refractivity contribution in [2.45, 2.75) is 63.6 Å².